The molecule has 1 saturated carbocycles. The molecule has 1 aromatic carbocycles. The predicted molar refractivity (Wildman–Crippen MR) is 68.0 cm³/mol. The van der Waals surface area contributed by atoms with Gasteiger partial charge in [0.05, 0.1) is 6.42 Å². The maximum Gasteiger partial charge on any atom is 0.228 e. The van der Waals surface area contributed by atoms with Crippen LogP contribution in [0.4, 0.5) is 5.69 Å². The van der Waals surface area contributed by atoms with Crippen molar-refractivity contribution in [3.05, 3.63) is 29.3 Å². The Balaban J connectivity index is 1.61. The van der Waals surface area contributed by atoms with Gasteiger partial charge in [-0.25, -0.2) is 0 Å². The molecule has 0 radical (unpaired) electrons. The third-order valence-corrected chi connectivity index (χ3v) is 3.74. The highest BCUT2D eigenvalue weighted by Gasteiger charge is 2.24. The molecule has 2 amide bonds. The monoisotopic (exact) mass is 244 g/mol. The number of nitrogens with one attached hydrogen (secondary N) is 2. The van der Waals surface area contributed by atoms with E-state index in [0.717, 1.165) is 29.7 Å². The van der Waals surface area contributed by atoms with Gasteiger partial charge in [-0.1, -0.05) is 18.6 Å². The molecule has 0 unspecified atom stereocenters. The first kappa shape index (κ1) is 11.3. The third-order valence-electron chi connectivity index (χ3n) is 3.74. The molecule has 4 nitrogen and oxygen atoms in total. The number of fused-ring (bicyclic) bond motifs is 1. The zero-order valence-corrected chi connectivity index (χ0v) is 10.2. The second kappa shape index (κ2) is 4.44. The number of carbonyl (C=O) groups is 2. The SMILES string of the molecule is O=C1Cc2cc(CNC(=O)C3CCC3)ccc2N1. The van der Waals surface area contributed by atoms with Crippen LogP contribution in [-0.4, -0.2) is 11.8 Å². The Labute approximate surface area is 106 Å². The van der Waals surface area contributed by atoms with E-state index in [4.69, 9.17) is 0 Å². The van der Waals surface area contributed by atoms with Crippen LogP contribution >= 0.6 is 0 Å². The first-order valence-electron chi connectivity index (χ1n) is 6.42. The van der Waals surface area contributed by atoms with Crippen LogP contribution < -0.4 is 10.6 Å². The number of anilines is 1. The number of hydrogen-bond acceptors (Lipinski definition) is 2. The van der Waals surface area contributed by atoms with E-state index < -0.39 is 0 Å². The lowest BCUT2D eigenvalue weighted by atomic mass is 9.85. The van der Waals surface area contributed by atoms with Crippen LogP contribution in [0.1, 0.15) is 30.4 Å². The minimum absolute atomic E-state index is 0.0423. The summed E-state index contributed by atoms with van der Waals surface area (Å²) in [7, 11) is 0. The van der Waals surface area contributed by atoms with Gasteiger partial charge in [0.1, 0.15) is 0 Å². The fourth-order valence-electron chi connectivity index (χ4n) is 2.40. The second-order valence-electron chi connectivity index (χ2n) is 5.06. The van der Waals surface area contributed by atoms with Crippen molar-refractivity contribution in [3.63, 3.8) is 0 Å². The van der Waals surface area contributed by atoms with Crippen LogP contribution in [-0.2, 0) is 22.6 Å². The highest BCUT2D eigenvalue weighted by atomic mass is 16.2. The first-order chi connectivity index (χ1) is 8.72. The summed E-state index contributed by atoms with van der Waals surface area (Å²) in [4.78, 5) is 22.9. The van der Waals surface area contributed by atoms with Gasteiger partial charge in [0.25, 0.3) is 0 Å². The summed E-state index contributed by atoms with van der Waals surface area (Å²) in [5.74, 6) is 0.430. The molecular weight excluding hydrogens is 228 g/mol. The fourth-order valence-corrected chi connectivity index (χ4v) is 2.40. The number of benzene rings is 1. The van der Waals surface area contributed by atoms with Gasteiger partial charge in [0.15, 0.2) is 0 Å². The van der Waals surface area contributed by atoms with Gasteiger partial charge in [-0.05, 0) is 30.0 Å². The Kier molecular flexibility index (Phi) is 2.78. The van der Waals surface area contributed by atoms with Crippen LogP contribution in [0.5, 0.6) is 0 Å². The molecule has 18 heavy (non-hydrogen) atoms. The Morgan fingerprint density at radius 1 is 1.39 bits per heavy atom. The summed E-state index contributed by atoms with van der Waals surface area (Å²) in [6.07, 6.45) is 3.66. The molecule has 1 fully saturated rings. The van der Waals surface area contributed by atoms with Crippen molar-refractivity contribution < 1.29 is 9.59 Å². The zero-order chi connectivity index (χ0) is 12.5. The molecule has 1 heterocycles. The Bertz CT molecular complexity index is 507. The molecule has 3 rings (SSSR count). The average molecular weight is 244 g/mol. The van der Waals surface area contributed by atoms with Crippen molar-refractivity contribution in [2.45, 2.75) is 32.2 Å². The Morgan fingerprint density at radius 2 is 2.22 bits per heavy atom. The van der Waals surface area contributed by atoms with E-state index >= 15 is 0 Å². The summed E-state index contributed by atoms with van der Waals surface area (Å²) < 4.78 is 0. The lowest BCUT2D eigenvalue weighted by molar-refractivity contribution is -0.127. The standard InChI is InChI=1S/C14H16N2O2/c17-13-7-11-6-9(4-5-12(11)16-13)8-15-14(18)10-2-1-3-10/h4-6,10H,1-3,7-8H2,(H,15,18)(H,16,17). The number of rotatable bonds is 3. The molecule has 2 N–H and O–H groups in total. The van der Waals surface area contributed by atoms with E-state index in [0.29, 0.717) is 13.0 Å². The topological polar surface area (TPSA) is 58.2 Å². The van der Waals surface area contributed by atoms with Crippen LogP contribution in [0.3, 0.4) is 0 Å². The second-order valence-corrected chi connectivity index (χ2v) is 5.06. The number of hydrogen-bond donors (Lipinski definition) is 2. The van der Waals surface area contributed by atoms with Crippen molar-refractivity contribution >= 4 is 17.5 Å². The Hall–Kier alpha value is -1.84. The molecule has 94 valence electrons. The molecule has 0 spiro atoms. The van der Waals surface area contributed by atoms with Crippen molar-refractivity contribution in [3.8, 4) is 0 Å². The normalized spacial score (nSPS) is 17.9. The molecule has 0 aromatic heterocycles. The number of amides is 2. The Morgan fingerprint density at radius 3 is 2.94 bits per heavy atom. The van der Waals surface area contributed by atoms with E-state index in [2.05, 4.69) is 10.6 Å². The van der Waals surface area contributed by atoms with Gasteiger partial charge in [-0.3, -0.25) is 9.59 Å². The van der Waals surface area contributed by atoms with Crippen molar-refractivity contribution in [2.24, 2.45) is 5.92 Å². The van der Waals surface area contributed by atoms with Crippen LogP contribution in [0.15, 0.2) is 18.2 Å². The molecule has 1 aromatic rings. The molecule has 0 bridgehead atoms. The van der Waals surface area contributed by atoms with E-state index in [-0.39, 0.29) is 17.7 Å². The van der Waals surface area contributed by atoms with Gasteiger partial charge < -0.3 is 10.6 Å². The average Bonchev–Trinajstić information content (AvgIpc) is 2.63. The first-order valence-corrected chi connectivity index (χ1v) is 6.42. The maximum atomic E-state index is 11.7. The number of carbonyl (C=O) groups excluding carboxylic acids is 2. The summed E-state index contributed by atoms with van der Waals surface area (Å²) in [6, 6.07) is 5.85. The van der Waals surface area contributed by atoms with Gasteiger partial charge in [0.2, 0.25) is 11.8 Å². The van der Waals surface area contributed by atoms with Crippen LogP contribution in [0.25, 0.3) is 0 Å². The summed E-state index contributed by atoms with van der Waals surface area (Å²) in [6.45, 7) is 0.552. The maximum absolute atomic E-state index is 11.7. The van der Waals surface area contributed by atoms with Gasteiger partial charge in [-0.2, -0.15) is 0 Å². The molecular formula is C14H16N2O2. The largest absolute Gasteiger partial charge is 0.352 e. The van der Waals surface area contributed by atoms with Crippen LogP contribution in [0.2, 0.25) is 0 Å². The minimum atomic E-state index is 0.0423. The van der Waals surface area contributed by atoms with Crippen LogP contribution in [0, 0.1) is 5.92 Å². The quantitative estimate of drug-likeness (QED) is 0.848. The molecule has 0 saturated heterocycles. The molecule has 0 atom stereocenters. The molecule has 2 aliphatic rings. The summed E-state index contributed by atoms with van der Waals surface area (Å²) >= 11 is 0. The summed E-state index contributed by atoms with van der Waals surface area (Å²) in [5.41, 5.74) is 2.97. The van der Waals surface area contributed by atoms with E-state index in [1.54, 1.807) is 0 Å². The zero-order valence-electron chi connectivity index (χ0n) is 10.2. The lowest BCUT2D eigenvalue weighted by Crippen LogP contribution is -2.33. The smallest absolute Gasteiger partial charge is 0.228 e. The van der Waals surface area contributed by atoms with E-state index in [9.17, 15) is 9.59 Å². The molecule has 1 aliphatic heterocycles. The summed E-state index contributed by atoms with van der Waals surface area (Å²) in [5, 5.41) is 5.76. The van der Waals surface area contributed by atoms with Crippen molar-refractivity contribution in [1.82, 2.24) is 5.32 Å². The molecule has 4 heteroatoms. The van der Waals surface area contributed by atoms with Crippen molar-refractivity contribution in [1.29, 1.82) is 0 Å². The molecule has 1 aliphatic carbocycles. The van der Waals surface area contributed by atoms with Gasteiger partial charge in [0, 0.05) is 18.2 Å². The highest BCUT2D eigenvalue weighted by Crippen LogP contribution is 2.27. The minimum Gasteiger partial charge on any atom is -0.352 e. The van der Waals surface area contributed by atoms with Gasteiger partial charge in [-0.15, -0.1) is 0 Å². The van der Waals surface area contributed by atoms with Gasteiger partial charge >= 0.3 is 0 Å². The van der Waals surface area contributed by atoms with E-state index in [1.165, 1.54) is 6.42 Å². The fraction of sp³-hybridized carbons (Fsp3) is 0.429. The van der Waals surface area contributed by atoms with E-state index in [1.807, 2.05) is 18.2 Å². The predicted octanol–water partition coefficient (Wildman–Crippen LogP) is 1.60. The third kappa shape index (κ3) is 2.10. The lowest BCUT2D eigenvalue weighted by Gasteiger charge is -2.24. The van der Waals surface area contributed by atoms with Crippen molar-refractivity contribution in [2.75, 3.05) is 5.32 Å². The highest BCUT2D eigenvalue weighted by molar-refractivity contribution is 5.99.